The van der Waals surface area contributed by atoms with Crippen molar-refractivity contribution < 1.29 is 8.97 Å². The summed E-state index contributed by atoms with van der Waals surface area (Å²) in [5.74, 6) is 0. The van der Waals surface area contributed by atoms with E-state index < -0.39 is 0 Å². The second-order valence-electron chi connectivity index (χ2n) is 9.86. The van der Waals surface area contributed by atoms with Crippen LogP contribution in [0, 0.1) is 6.92 Å². The highest BCUT2D eigenvalue weighted by Gasteiger charge is 2.34. The van der Waals surface area contributed by atoms with Crippen molar-refractivity contribution in [1.82, 2.24) is 0 Å². The summed E-state index contributed by atoms with van der Waals surface area (Å²) in [5, 5.41) is 0. The Labute approximate surface area is 161 Å². The van der Waals surface area contributed by atoms with E-state index in [9.17, 15) is 0 Å². The van der Waals surface area contributed by atoms with E-state index in [1.54, 1.807) is 0 Å². The average Bonchev–Trinajstić information content (AvgIpc) is 3.03. The van der Waals surface area contributed by atoms with Crippen molar-refractivity contribution in [3.05, 3.63) is 23.8 Å². The van der Waals surface area contributed by atoms with Gasteiger partial charge in [-0.2, -0.15) is 0 Å². The minimum atomic E-state index is 0.735. The van der Waals surface area contributed by atoms with Crippen LogP contribution in [0.2, 0.25) is 0 Å². The van der Waals surface area contributed by atoms with E-state index in [-0.39, 0.29) is 0 Å². The molecule has 4 heteroatoms. The van der Waals surface area contributed by atoms with Crippen LogP contribution in [0.5, 0.6) is 0 Å². The fourth-order valence-corrected chi connectivity index (χ4v) is 4.05. The zero-order valence-electron chi connectivity index (χ0n) is 18.1. The minimum absolute atomic E-state index is 0.735. The topological polar surface area (TPSA) is 29.3 Å². The maximum Gasteiger partial charge on any atom is 0.108 e. The Kier molecular flexibility index (Phi) is 6.98. The predicted octanol–water partition coefficient (Wildman–Crippen LogP) is 3.50. The molecule has 26 heavy (non-hydrogen) atoms. The number of unbranched alkanes of at least 4 members (excludes halogenated alkanes) is 3. The van der Waals surface area contributed by atoms with Crippen LogP contribution in [-0.4, -0.2) is 76.4 Å². The molecule has 1 unspecified atom stereocenters. The van der Waals surface area contributed by atoms with Crippen LogP contribution in [0.25, 0.3) is 0 Å². The Balaban J connectivity index is 1.76. The van der Waals surface area contributed by atoms with Crippen molar-refractivity contribution in [3.63, 3.8) is 0 Å². The number of anilines is 2. The van der Waals surface area contributed by atoms with Gasteiger partial charge in [0.15, 0.2) is 0 Å². The highest BCUT2D eigenvalue weighted by molar-refractivity contribution is 5.58. The lowest BCUT2D eigenvalue weighted by Gasteiger charge is -2.36. The van der Waals surface area contributed by atoms with E-state index in [1.165, 1.54) is 63.0 Å². The van der Waals surface area contributed by atoms with Crippen LogP contribution in [0.1, 0.15) is 37.7 Å². The number of likely N-dealkylation sites (N-methyl/N-ethyl adjacent to an activating group) is 1. The lowest BCUT2D eigenvalue weighted by Crippen LogP contribution is -2.50. The Hall–Kier alpha value is -1.26. The molecular weight excluding hydrogens is 320 g/mol. The smallest absolute Gasteiger partial charge is 0.108 e. The van der Waals surface area contributed by atoms with Gasteiger partial charge < -0.3 is 19.6 Å². The van der Waals surface area contributed by atoms with Crippen LogP contribution < -0.4 is 10.6 Å². The van der Waals surface area contributed by atoms with Crippen LogP contribution in [0.15, 0.2) is 18.2 Å². The highest BCUT2D eigenvalue weighted by atomic mass is 15.4. The summed E-state index contributed by atoms with van der Waals surface area (Å²) in [6, 6.07) is 7.21. The minimum Gasteiger partial charge on any atom is -0.399 e. The zero-order chi connectivity index (χ0) is 19.4. The van der Waals surface area contributed by atoms with Crippen molar-refractivity contribution in [3.8, 4) is 0 Å². The summed E-state index contributed by atoms with van der Waals surface area (Å²) in [6.07, 6.45) is 6.73. The molecule has 1 atom stereocenters. The molecule has 1 aliphatic rings. The Morgan fingerprint density at radius 3 is 2.27 bits per heavy atom. The third-order valence-corrected chi connectivity index (χ3v) is 6.08. The summed E-state index contributed by atoms with van der Waals surface area (Å²) >= 11 is 0. The predicted molar refractivity (Wildman–Crippen MR) is 115 cm³/mol. The molecule has 1 saturated heterocycles. The van der Waals surface area contributed by atoms with Crippen molar-refractivity contribution in [2.24, 2.45) is 0 Å². The van der Waals surface area contributed by atoms with Gasteiger partial charge in [0.25, 0.3) is 0 Å². The fourth-order valence-electron chi connectivity index (χ4n) is 4.05. The number of aryl methyl sites for hydroxylation is 1. The van der Waals surface area contributed by atoms with Gasteiger partial charge in [0.1, 0.15) is 6.04 Å². The number of rotatable bonds is 9. The number of nitrogens with two attached hydrogens (primary N) is 1. The number of nitrogen functional groups attached to an aromatic ring is 1. The summed E-state index contributed by atoms with van der Waals surface area (Å²) < 4.78 is 2.24. The van der Waals surface area contributed by atoms with Crippen LogP contribution >= 0.6 is 0 Å². The quantitative estimate of drug-likeness (QED) is 0.414. The maximum atomic E-state index is 5.97. The standard InChI is InChI=1S/C22H42N4/c1-19-17-20(11-12-22(19)23)24-14-13-21(18-24)26(5,6)16-10-8-7-9-15-25(2,3)4/h11-12,17,21H,7-10,13-16,18,23H2,1-6H3/q+2. The van der Waals surface area contributed by atoms with Crippen molar-refractivity contribution >= 4 is 11.4 Å². The van der Waals surface area contributed by atoms with Gasteiger partial charge in [-0.05, 0) is 56.4 Å². The molecule has 0 spiro atoms. The molecule has 1 fully saturated rings. The molecule has 0 radical (unpaired) electrons. The molecule has 0 aromatic heterocycles. The lowest BCUT2D eigenvalue weighted by atomic mass is 10.1. The number of hydrogen-bond acceptors (Lipinski definition) is 2. The van der Waals surface area contributed by atoms with Crippen LogP contribution in [0.3, 0.4) is 0 Å². The molecule has 0 amide bonds. The van der Waals surface area contributed by atoms with Gasteiger partial charge >= 0.3 is 0 Å². The summed E-state index contributed by atoms with van der Waals surface area (Å²) in [4.78, 5) is 2.54. The first kappa shape index (κ1) is 21.0. The second-order valence-corrected chi connectivity index (χ2v) is 9.86. The van der Waals surface area contributed by atoms with Gasteiger partial charge in [0, 0.05) is 24.3 Å². The van der Waals surface area contributed by atoms with E-state index in [1.807, 2.05) is 6.07 Å². The Bertz CT molecular complexity index is 574. The maximum absolute atomic E-state index is 5.97. The molecule has 4 nitrogen and oxygen atoms in total. The van der Waals surface area contributed by atoms with Crippen LogP contribution in [0.4, 0.5) is 11.4 Å². The lowest BCUT2D eigenvalue weighted by molar-refractivity contribution is -0.912. The molecule has 2 rings (SSSR count). The SMILES string of the molecule is Cc1cc(N2CCC([N+](C)(C)CCCCCC[N+](C)(C)C)C2)ccc1N. The number of nitrogens with zero attached hydrogens (tertiary/aromatic N) is 3. The van der Waals surface area contributed by atoms with Gasteiger partial charge in [-0.15, -0.1) is 0 Å². The largest absolute Gasteiger partial charge is 0.399 e. The van der Waals surface area contributed by atoms with E-state index in [4.69, 9.17) is 5.73 Å². The van der Waals surface area contributed by atoms with Gasteiger partial charge in [0.05, 0.1) is 54.9 Å². The molecule has 148 valence electrons. The van der Waals surface area contributed by atoms with Gasteiger partial charge in [-0.3, -0.25) is 0 Å². The second kappa shape index (κ2) is 8.62. The third-order valence-electron chi connectivity index (χ3n) is 6.08. The third kappa shape index (κ3) is 6.17. The molecule has 0 aliphatic carbocycles. The first-order valence-electron chi connectivity index (χ1n) is 10.3. The molecule has 1 aromatic carbocycles. The average molecular weight is 363 g/mol. The summed E-state index contributed by atoms with van der Waals surface area (Å²) in [6.45, 7) is 7.02. The zero-order valence-corrected chi connectivity index (χ0v) is 18.1. The molecule has 2 N–H and O–H groups in total. The summed E-state index contributed by atoms with van der Waals surface area (Å²) in [5.41, 5.74) is 9.39. The highest BCUT2D eigenvalue weighted by Crippen LogP contribution is 2.28. The first-order chi connectivity index (χ1) is 12.1. The monoisotopic (exact) mass is 362 g/mol. The van der Waals surface area contributed by atoms with Gasteiger partial charge in [-0.25, -0.2) is 0 Å². The first-order valence-corrected chi connectivity index (χ1v) is 10.3. The summed E-state index contributed by atoms with van der Waals surface area (Å²) in [7, 11) is 11.7. The number of hydrogen-bond donors (Lipinski definition) is 1. The molecule has 1 aliphatic heterocycles. The normalized spacial score (nSPS) is 18.5. The van der Waals surface area contributed by atoms with Crippen molar-refractivity contribution in [2.75, 3.05) is 72.1 Å². The molecule has 0 bridgehead atoms. The van der Waals surface area contributed by atoms with Crippen molar-refractivity contribution in [1.29, 1.82) is 0 Å². The van der Waals surface area contributed by atoms with Crippen LogP contribution in [-0.2, 0) is 0 Å². The van der Waals surface area contributed by atoms with E-state index in [0.717, 1.165) is 27.2 Å². The van der Waals surface area contributed by atoms with Gasteiger partial charge in [-0.1, -0.05) is 0 Å². The number of benzene rings is 1. The van der Waals surface area contributed by atoms with Crippen molar-refractivity contribution in [2.45, 2.75) is 45.1 Å². The number of quaternary nitrogens is 2. The van der Waals surface area contributed by atoms with Gasteiger partial charge in [0.2, 0.25) is 0 Å². The van der Waals surface area contributed by atoms with E-state index in [0.29, 0.717) is 0 Å². The Morgan fingerprint density at radius 1 is 1.00 bits per heavy atom. The van der Waals surface area contributed by atoms with E-state index >= 15 is 0 Å². The fraction of sp³-hybridized carbons (Fsp3) is 0.727. The molecule has 0 saturated carbocycles. The molecule has 1 heterocycles. The molecule has 1 aromatic rings. The van der Waals surface area contributed by atoms with E-state index in [2.05, 4.69) is 59.2 Å². The Morgan fingerprint density at radius 2 is 1.65 bits per heavy atom. The molecular formula is C22H42N4+2.